The van der Waals surface area contributed by atoms with Crippen molar-refractivity contribution in [3.05, 3.63) is 29.6 Å². The molecule has 1 rings (SSSR count). The maximum Gasteiger partial charge on any atom is 0.309 e. The third kappa shape index (κ3) is 4.15. The molecule has 1 unspecified atom stereocenters. The number of hydrogen-bond donors (Lipinski definition) is 1. The number of hydrogen-bond acceptors (Lipinski definition) is 4. The molecule has 0 aromatic carbocycles. The summed E-state index contributed by atoms with van der Waals surface area (Å²) in [7, 11) is 1.41. The minimum Gasteiger partial charge on any atom is -0.469 e. The molecule has 0 aliphatic heterocycles. The summed E-state index contributed by atoms with van der Waals surface area (Å²) in [6.07, 6.45) is 2.76. The van der Waals surface area contributed by atoms with Gasteiger partial charge in [0.25, 0.3) is 0 Å². The van der Waals surface area contributed by atoms with E-state index >= 15 is 0 Å². The molecular formula is C13H20N2O2. The van der Waals surface area contributed by atoms with Gasteiger partial charge in [-0.25, -0.2) is 0 Å². The van der Waals surface area contributed by atoms with Crippen molar-refractivity contribution in [2.24, 2.45) is 5.92 Å². The molecule has 17 heavy (non-hydrogen) atoms. The van der Waals surface area contributed by atoms with E-state index in [-0.39, 0.29) is 11.9 Å². The van der Waals surface area contributed by atoms with Crippen molar-refractivity contribution in [2.75, 3.05) is 13.7 Å². The molecule has 1 atom stereocenters. The lowest BCUT2D eigenvalue weighted by molar-refractivity contribution is -0.144. The van der Waals surface area contributed by atoms with Crippen LogP contribution in [0, 0.1) is 5.92 Å². The molecule has 1 aromatic rings. The van der Waals surface area contributed by atoms with Crippen molar-refractivity contribution < 1.29 is 9.53 Å². The molecule has 1 heterocycles. The molecule has 1 aromatic heterocycles. The smallest absolute Gasteiger partial charge is 0.309 e. The summed E-state index contributed by atoms with van der Waals surface area (Å²) in [4.78, 5) is 15.5. The van der Waals surface area contributed by atoms with Crippen LogP contribution in [0.2, 0.25) is 0 Å². The van der Waals surface area contributed by atoms with Crippen LogP contribution in [0.3, 0.4) is 0 Å². The molecule has 4 nitrogen and oxygen atoms in total. The highest BCUT2D eigenvalue weighted by Crippen LogP contribution is 2.06. The fraction of sp³-hybridized carbons (Fsp3) is 0.538. The van der Waals surface area contributed by atoms with Gasteiger partial charge in [0.15, 0.2) is 0 Å². The maximum absolute atomic E-state index is 11.2. The number of carbonyl (C=O) groups excluding carboxylic acids is 1. The van der Waals surface area contributed by atoms with Crippen LogP contribution in [-0.2, 0) is 22.5 Å². The molecule has 0 saturated heterocycles. The predicted molar refractivity (Wildman–Crippen MR) is 66.5 cm³/mol. The molecule has 0 aliphatic rings. The summed E-state index contributed by atoms with van der Waals surface area (Å²) in [5, 5.41) is 3.23. The fourth-order valence-corrected chi connectivity index (χ4v) is 1.64. The standard InChI is InChI=1S/C13H20N2O2/c1-4-11-6-5-7-15-12(11)9-14-8-10(2)13(16)17-3/h5-7,10,14H,4,8-9H2,1-3H3. The molecule has 0 spiro atoms. The Labute approximate surface area is 102 Å². The number of nitrogens with zero attached hydrogens (tertiary/aromatic N) is 1. The second-order valence-electron chi connectivity index (χ2n) is 4.02. The molecule has 0 amide bonds. The first-order chi connectivity index (χ1) is 8.19. The minimum atomic E-state index is -0.186. The third-order valence-electron chi connectivity index (χ3n) is 2.71. The molecule has 0 aliphatic carbocycles. The van der Waals surface area contributed by atoms with Gasteiger partial charge in [0.1, 0.15) is 0 Å². The Morgan fingerprint density at radius 3 is 3.00 bits per heavy atom. The van der Waals surface area contributed by atoms with Crippen molar-refractivity contribution in [1.82, 2.24) is 10.3 Å². The van der Waals surface area contributed by atoms with E-state index in [0.717, 1.165) is 12.1 Å². The van der Waals surface area contributed by atoms with Crippen LogP contribution in [0.4, 0.5) is 0 Å². The van der Waals surface area contributed by atoms with E-state index in [1.807, 2.05) is 13.0 Å². The number of rotatable bonds is 6. The van der Waals surface area contributed by atoms with Gasteiger partial charge in [0.2, 0.25) is 0 Å². The van der Waals surface area contributed by atoms with E-state index in [2.05, 4.69) is 28.0 Å². The van der Waals surface area contributed by atoms with Crippen LogP contribution in [-0.4, -0.2) is 24.6 Å². The number of pyridine rings is 1. The van der Waals surface area contributed by atoms with Crippen LogP contribution >= 0.6 is 0 Å². The van der Waals surface area contributed by atoms with E-state index in [1.54, 1.807) is 6.20 Å². The molecular weight excluding hydrogens is 216 g/mol. The van der Waals surface area contributed by atoms with E-state index in [0.29, 0.717) is 13.1 Å². The number of nitrogens with one attached hydrogen (secondary N) is 1. The summed E-state index contributed by atoms with van der Waals surface area (Å²) >= 11 is 0. The number of esters is 1. The van der Waals surface area contributed by atoms with Crippen molar-refractivity contribution in [3.63, 3.8) is 0 Å². The summed E-state index contributed by atoms with van der Waals surface area (Å²) in [5.41, 5.74) is 2.29. The molecule has 1 N–H and O–H groups in total. The molecule has 0 fully saturated rings. The largest absolute Gasteiger partial charge is 0.469 e. The van der Waals surface area contributed by atoms with Crippen molar-refractivity contribution in [3.8, 4) is 0 Å². The molecule has 94 valence electrons. The average Bonchev–Trinajstić information content (AvgIpc) is 2.38. The lowest BCUT2D eigenvalue weighted by Gasteiger charge is -2.11. The third-order valence-corrected chi connectivity index (χ3v) is 2.71. The maximum atomic E-state index is 11.2. The van der Waals surface area contributed by atoms with Crippen molar-refractivity contribution in [2.45, 2.75) is 26.8 Å². The highest BCUT2D eigenvalue weighted by molar-refractivity contribution is 5.72. The zero-order chi connectivity index (χ0) is 12.7. The van der Waals surface area contributed by atoms with E-state index in [9.17, 15) is 4.79 Å². The summed E-state index contributed by atoms with van der Waals surface area (Å²) in [6.45, 7) is 5.24. The van der Waals surface area contributed by atoms with Gasteiger partial charge in [0.05, 0.1) is 18.7 Å². The normalized spacial score (nSPS) is 12.2. The summed E-state index contributed by atoms with van der Waals surface area (Å²) in [6, 6.07) is 4.02. The molecule has 4 heteroatoms. The topological polar surface area (TPSA) is 51.2 Å². The Morgan fingerprint density at radius 2 is 2.35 bits per heavy atom. The highest BCUT2D eigenvalue weighted by Gasteiger charge is 2.12. The number of aryl methyl sites for hydroxylation is 1. The van der Waals surface area contributed by atoms with E-state index in [1.165, 1.54) is 12.7 Å². The Bertz CT molecular complexity index is 366. The number of aromatic nitrogens is 1. The van der Waals surface area contributed by atoms with Crippen LogP contribution in [0.15, 0.2) is 18.3 Å². The van der Waals surface area contributed by atoms with Gasteiger partial charge in [-0.2, -0.15) is 0 Å². The quantitative estimate of drug-likeness (QED) is 0.761. The van der Waals surface area contributed by atoms with E-state index < -0.39 is 0 Å². The van der Waals surface area contributed by atoms with Crippen molar-refractivity contribution >= 4 is 5.97 Å². The molecule has 0 radical (unpaired) electrons. The fourth-order valence-electron chi connectivity index (χ4n) is 1.64. The monoisotopic (exact) mass is 236 g/mol. The lowest BCUT2D eigenvalue weighted by atomic mass is 10.1. The zero-order valence-corrected chi connectivity index (χ0v) is 10.7. The van der Waals surface area contributed by atoms with Crippen LogP contribution in [0.25, 0.3) is 0 Å². The van der Waals surface area contributed by atoms with Crippen LogP contribution < -0.4 is 5.32 Å². The van der Waals surface area contributed by atoms with Crippen LogP contribution in [0.1, 0.15) is 25.1 Å². The first kappa shape index (κ1) is 13.6. The summed E-state index contributed by atoms with van der Waals surface area (Å²) in [5.74, 6) is -0.317. The lowest BCUT2D eigenvalue weighted by Crippen LogP contribution is -2.27. The first-order valence-electron chi connectivity index (χ1n) is 5.90. The minimum absolute atomic E-state index is 0.131. The van der Waals surface area contributed by atoms with Gasteiger partial charge in [-0.1, -0.05) is 19.9 Å². The predicted octanol–water partition coefficient (Wildman–Crippen LogP) is 1.54. The first-order valence-corrected chi connectivity index (χ1v) is 5.90. The van der Waals surface area contributed by atoms with Gasteiger partial charge in [0, 0.05) is 19.3 Å². The second-order valence-corrected chi connectivity index (χ2v) is 4.02. The van der Waals surface area contributed by atoms with E-state index in [4.69, 9.17) is 0 Å². The van der Waals surface area contributed by atoms with Crippen LogP contribution in [0.5, 0.6) is 0 Å². The summed E-state index contributed by atoms with van der Waals surface area (Å²) < 4.78 is 4.67. The molecule has 0 bridgehead atoms. The Hall–Kier alpha value is -1.42. The number of ether oxygens (including phenoxy) is 1. The van der Waals surface area contributed by atoms with Gasteiger partial charge < -0.3 is 10.1 Å². The number of methoxy groups -OCH3 is 1. The van der Waals surface area contributed by atoms with Gasteiger partial charge >= 0.3 is 5.97 Å². The van der Waals surface area contributed by atoms with Gasteiger partial charge in [-0.15, -0.1) is 0 Å². The Kier molecular flexibility index (Phi) is 5.63. The Balaban J connectivity index is 2.43. The Morgan fingerprint density at radius 1 is 1.59 bits per heavy atom. The zero-order valence-electron chi connectivity index (χ0n) is 10.7. The average molecular weight is 236 g/mol. The van der Waals surface area contributed by atoms with Gasteiger partial charge in [-0.05, 0) is 18.1 Å². The SMILES string of the molecule is CCc1cccnc1CNCC(C)C(=O)OC. The van der Waals surface area contributed by atoms with Gasteiger partial charge in [-0.3, -0.25) is 9.78 Å². The highest BCUT2D eigenvalue weighted by atomic mass is 16.5. The second kappa shape index (κ2) is 7.01. The number of carbonyl (C=O) groups is 1. The van der Waals surface area contributed by atoms with Crippen molar-refractivity contribution in [1.29, 1.82) is 0 Å². The molecule has 0 saturated carbocycles.